The Kier molecular flexibility index (Phi) is 5.51. The number of rotatable bonds is 7. The molecule has 8 heteroatoms. The first kappa shape index (κ1) is 15.7. The quantitative estimate of drug-likeness (QED) is 0.430. The van der Waals surface area contributed by atoms with Crippen LogP contribution in [0, 0.1) is 11.8 Å². The highest BCUT2D eigenvalue weighted by Gasteiger charge is 2.26. The predicted octanol–water partition coefficient (Wildman–Crippen LogP) is 0.765. The van der Waals surface area contributed by atoms with Crippen LogP contribution in [0.2, 0.25) is 0 Å². The molecule has 0 amide bonds. The Balaban J connectivity index is 2.01. The molecule has 1 aromatic heterocycles. The molecule has 1 aliphatic carbocycles. The number of ether oxygens (including phenoxy) is 1. The van der Waals surface area contributed by atoms with Crippen LogP contribution in [0.25, 0.3) is 0 Å². The highest BCUT2D eigenvalue weighted by molar-refractivity contribution is 5.35. The van der Waals surface area contributed by atoms with E-state index in [0.29, 0.717) is 17.8 Å². The number of hydrogen-bond donors (Lipinski definition) is 4. The maximum absolute atomic E-state index is 9.34. The molecule has 2 atom stereocenters. The number of nitrogens with zero attached hydrogens (tertiary/aromatic N) is 3. The summed E-state index contributed by atoms with van der Waals surface area (Å²) < 4.78 is 5.47. The van der Waals surface area contributed by atoms with Crippen molar-refractivity contribution in [1.82, 2.24) is 15.0 Å². The van der Waals surface area contributed by atoms with Crippen molar-refractivity contribution >= 4 is 11.9 Å². The number of aliphatic hydroxyl groups is 1. The van der Waals surface area contributed by atoms with Crippen LogP contribution >= 0.6 is 0 Å². The summed E-state index contributed by atoms with van der Waals surface area (Å²) in [7, 11) is 0. The van der Waals surface area contributed by atoms with Gasteiger partial charge >= 0.3 is 6.01 Å². The summed E-state index contributed by atoms with van der Waals surface area (Å²) in [5.74, 6) is 6.85. The zero-order chi connectivity index (χ0) is 15.2. The minimum atomic E-state index is -0.0283. The van der Waals surface area contributed by atoms with Crippen molar-refractivity contribution in [3.63, 3.8) is 0 Å². The van der Waals surface area contributed by atoms with Gasteiger partial charge in [0.05, 0.1) is 6.10 Å². The smallest absolute Gasteiger partial charge is 0.323 e. The summed E-state index contributed by atoms with van der Waals surface area (Å²) in [6, 6.07) is 0.237. The molecule has 1 aromatic rings. The van der Waals surface area contributed by atoms with E-state index in [1.165, 1.54) is 0 Å². The number of nitrogen functional groups attached to an aromatic ring is 1. The van der Waals surface area contributed by atoms with Crippen LogP contribution in [-0.4, -0.2) is 39.3 Å². The van der Waals surface area contributed by atoms with Gasteiger partial charge in [-0.3, -0.25) is 5.43 Å². The maximum atomic E-state index is 9.34. The second-order valence-electron chi connectivity index (χ2n) is 5.59. The molecule has 8 nitrogen and oxygen atoms in total. The molecule has 0 radical (unpaired) electrons. The number of hydrogen-bond acceptors (Lipinski definition) is 8. The minimum Gasteiger partial charge on any atom is -0.461 e. The van der Waals surface area contributed by atoms with E-state index in [9.17, 15) is 5.11 Å². The monoisotopic (exact) mass is 296 g/mol. The second-order valence-corrected chi connectivity index (χ2v) is 5.59. The fourth-order valence-electron chi connectivity index (χ4n) is 2.61. The van der Waals surface area contributed by atoms with Gasteiger partial charge in [0.2, 0.25) is 11.9 Å². The van der Waals surface area contributed by atoms with Gasteiger partial charge in [0.25, 0.3) is 0 Å². The van der Waals surface area contributed by atoms with E-state index in [-0.39, 0.29) is 24.7 Å². The van der Waals surface area contributed by atoms with Crippen LogP contribution in [-0.2, 0) is 0 Å². The molecule has 1 aliphatic rings. The first-order chi connectivity index (χ1) is 10.1. The molecule has 1 fully saturated rings. The van der Waals surface area contributed by atoms with E-state index in [2.05, 4.69) is 25.7 Å². The van der Waals surface area contributed by atoms with Crippen molar-refractivity contribution in [2.45, 2.75) is 39.2 Å². The average molecular weight is 296 g/mol. The Hall–Kier alpha value is -1.67. The Morgan fingerprint density at radius 1 is 1.24 bits per heavy atom. The summed E-state index contributed by atoms with van der Waals surface area (Å²) in [4.78, 5) is 12.4. The highest BCUT2D eigenvalue weighted by atomic mass is 16.5. The molecule has 1 heterocycles. The van der Waals surface area contributed by atoms with Crippen molar-refractivity contribution in [1.29, 1.82) is 0 Å². The molecule has 118 valence electrons. The van der Waals surface area contributed by atoms with Crippen LogP contribution in [0.5, 0.6) is 6.01 Å². The molecule has 0 spiro atoms. The Bertz CT molecular complexity index is 456. The number of aromatic nitrogens is 3. The second kappa shape index (κ2) is 7.37. The topological polar surface area (TPSA) is 118 Å². The van der Waals surface area contributed by atoms with Gasteiger partial charge in [-0.05, 0) is 38.5 Å². The largest absolute Gasteiger partial charge is 0.461 e. The highest BCUT2D eigenvalue weighted by Crippen LogP contribution is 2.31. The number of hydrazine groups is 1. The van der Waals surface area contributed by atoms with Crippen molar-refractivity contribution in [3.8, 4) is 6.01 Å². The number of anilines is 2. The lowest BCUT2D eigenvalue weighted by atomic mass is 9.97. The Morgan fingerprint density at radius 3 is 2.62 bits per heavy atom. The lowest BCUT2D eigenvalue weighted by Gasteiger charge is -2.18. The standard InChI is InChI=1S/C13H24N6O2/c1-8(2)21-13-17-11(16-12(18-13)19-14)15-6-9-4-3-5-10(9)7-20/h8-10,20H,3-7,14H2,1-2H3,(H2,15,16,17,18,19). The molecule has 5 N–H and O–H groups in total. The molecule has 0 saturated heterocycles. The first-order valence-electron chi connectivity index (χ1n) is 7.36. The van der Waals surface area contributed by atoms with Crippen LogP contribution in [0.3, 0.4) is 0 Å². The summed E-state index contributed by atoms with van der Waals surface area (Å²) in [5, 5.41) is 12.5. The third-order valence-electron chi connectivity index (χ3n) is 3.66. The molecule has 1 saturated carbocycles. The van der Waals surface area contributed by atoms with E-state index in [4.69, 9.17) is 10.6 Å². The molecule has 21 heavy (non-hydrogen) atoms. The fourth-order valence-corrected chi connectivity index (χ4v) is 2.61. The van der Waals surface area contributed by atoms with Gasteiger partial charge in [-0.2, -0.15) is 15.0 Å². The van der Waals surface area contributed by atoms with Gasteiger partial charge in [0.1, 0.15) is 0 Å². The van der Waals surface area contributed by atoms with Crippen molar-refractivity contribution < 1.29 is 9.84 Å². The lowest BCUT2D eigenvalue weighted by molar-refractivity contribution is 0.198. The van der Waals surface area contributed by atoms with Crippen LogP contribution in [0.4, 0.5) is 11.9 Å². The van der Waals surface area contributed by atoms with Gasteiger partial charge in [0.15, 0.2) is 0 Å². The van der Waals surface area contributed by atoms with Crippen LogP contribution in [0.15, 0.2) is 0 Å². The van der Waals surface area contributed by atoms with Gasteiger partial charge in [-0.25, -0.2) is 5.84 Å². The predicted molar refractivity (Wildman–Crippen MR) is 79.8 cm³/mol. The van der Waals surface area contributed by atoms with Crippen molar-refractivity contribution in [2.75, 3.05) is 23.9 Å². The molecule has 0 aromatic carbocycles. The van der Waals surface area contributed by atoms with E-state index >= 15 is 0 Å². The summed E-state index contributed by atoms with van der Waals surface area (Å²) in [5.41, 5.74) is 2.41. The van der Waals surface area contributed by atoms with E-state index < -0.39 is 0 Å². The summed E-state index contributed by atoms with van der Waals surface area (Å²) in [6.45, 7) is 4.76. The molecule has 0 aliphatic heterocycles. The molecule has 2 unspecified atom stereocenters. The first-order valence-corrected chi connectivity index (χ1v) is 7.36. The van der Waals surface area contributed by atoms with Gasteiger partial charge < -0.3 is 15.2 Å². The van der Waals surface area contributed by atoms with Crippen molar-refractivity contribution in [3.05, 3.63) is 0 Å². The maximum Gasteiger partial charge on any atom is 0.323 e. The fraction of sp³-hybridized carbons (Fsp3) is 0.769. The number of nitrogens with one attached hydrogen (secondary N) is 2. The van der Waals surface area contributed by atoms with E-state index in [1.807, 2.05) is 13.8 Å². The third-order valence-corrected chi connectivity index (χ3v) is 3.66. The zero-order valence-corrected chi connectivity index (χ0v) is 12.5. The van der Waals surface area contributed by atoms with Crippen LogP contribution in [0.1, 0.15) is 33.1 Å². The van der Waals surface area contributed by atoms with E-state index in [0.717, 1.165) is 25.8 Å². The Labute approximate surface area is 124 Å². The van der Waals surface area contributed by atoms with Crippen LogP contribution < -0.4 is 21.3 Å². The molecular formula is C13H24N6O2. The molecular weight excluding hydrogens is 272 g/mol. The number of aliphatic hydroxyl groups excluding tert-OH is 1. The van der Waals surface area contributed by atoms with Gasteiger partial charge in [-0.15, -0.1) is 0 Å². The third kappa shape index (κ3) is 4.40. The average Bonchev–Trinajstić information content (AvgIpc) is 2.91. The van der Waals surface area contributed by atoms with Gasteiger partial charge in [-0.1, -0.05) is 6.42 Å². The van der Waals surface area contributed by atoms with Gasteiger partial charge in [0, 0.05) is 13.2 Å². The lowest BCUT2D eigenvalue weighted by Crippen LogP contribution is -2.22. The van der Waals surface area contributed by atoms with Crippen molar-refractivity contribution in [2.24, 2.45) is 17.7 Å². The summed E-state index contributed by atoms with van der Waals surface area (Å²) >= 11 is 0. The van der Waals surface area contributed by atoms with E-state index in [1.54, 1.807) is 0 Å². The summed E-state index contributed by atoms with van der Waals surface area (Å²) in [6.07, 6.45) is 3.32. The molecule has 2 rings (SSSR count). The number of nitrogens with two attached hydrogens (primary N) is 1. The SMILES string of the molecule is CC(C)Oc1nc(NN)nc(NCC2CCCC2CO)n1. The Morgan fingerprint density at radius 2 is 1.95 bits per heavy atom. The molecule has 0 bridgehead atoms. The zero-order valence-electron chi connectivity index (χ0n) is 12.5. The normalized spacial score (nSPS) is 21.6. The minimum absolute atomic E-state index is 0.0283.